The van der Waals surface area contributed by atoms with Crippen LogP contribution in [0.3, 0.4) is 0 Å². The summed E-state index contributed by atoms with van der Waals surface area (Å²) < 4.78 is 4.78. The molecule has 41 heavy (non-hydrogen) atoms. The zero-order valence-corrected chi connectivity index (χ0v) is 25.3. The molecule has 2 aromatic carbocycles. The number of rotatable bonds is 10. The van der Waals surface area contributed by atoms with Crippen LogP contribution in [0.25, 0.3) is 0 Å². The standard InChI is InChI=1S/C32H41N3O5S/c1-6-18(3)23(17-36)35-28(30(38)34-27-19(4)9-8-10-20(27)5)32-16-15-24(41-32)25(26(32)31(35)39)29(37)33-21-11-13-22(14-12-21)40-7-2/h8-14,18,23-26,28,36H,6-7,15-17H2,1-5H3,(H,33,37)(H,34,38)/t18-,23-,24+,25-,26-,28?,32?/m0/s1. The number of aliphatic hydroxyl groups is 1. The Morgan fingerprint density at radius 1 is 1.10 bits per heavy atom. The van der Waals surface area contributed by atoms with Gasteiger partial charge in [-0.3, -0.25) is 14.4 Å². The van der Waals surface area contributed by atoms with E-state index in [2.05, 4.69) is 10.6 Å². The Balaban J connectivity index is 1.50. The summed E-state index contributed by atoms with van der Waals surface area (Å²) in [6.07, 6.45) is 2.17. The maximum absolute atomic E-state index is 14.4. The van der Waals surface area contributed by atoms with Gasteiger partial charge in [0.15, 0.2) is 0 Å². The summed E-state index contributed by atoms with van der Waals surface area (Å²) in [5.41, 5.74) is 3.27. The van der Waals surface area contributed by atoms with Gasteiger partial charge in [0.1, 0.15) is 11.8 Å². The van der Waals surface area contributed by atoms with Crippen molar-refractivity contribution in [1.82, 2.24) is 4.90 Å². The van der Waals surface area contributed by atoms with Gasteiger partial charge in [0.2, 0.25) is 17.7 Å². The van der Waals surface area contributed by atoms with Crippen LogP contribution in [0.5, 0.6) is 5.75 Å². The maximum Gasteiger partial charge on any atom is 0.248 e. The number of ether oxygens (including phenoxy) is 1. The highest BCUT2D eigenvalue weighted by Gasteiger charge is 2.74. The van der Waals surface area contributed by atoms with Crippen molar-refractivity contribution < 1.29 is 24.2 Å². The molecule has 3 aliphatic heterocycles. The molecular weight excluding hydrogens is 538 g/mol. The molecule has 3 amide bonds. The van der Waals surface area contributed by atoms with E-state index in [9.17, 15) is 19.5 Å². The normalized spacial score (nSPS) is 27.9. The van der Waals surface area contributed by atoms with Crippen LogP contribution >= 0.6 is 11.8 Å². The SMILES string of the molecule is CCOc1ccc(NC(=O)[C@@H]2[C@H]3C(=O)N([C@@H](CO)[C@@H](C)CC)C(C(=O)Nc4c(C)cccc4C)C34CC[C@H]2S4)cc1. The first-order valence-electron chi connectivity index (χ1n) is 14.7. The second-order valence-electron chi connectivity index (χ2n) is 11.6. The predicted molar refractivity (Wildman–Crippen MR) is 162 cm³/mol. The molecule has 3 fully saturated rings. The summed E-state index contributed by atoms with van der Waals surface area (Å²) in [6, 6.07) is 11.8. The lowest BCUT2D eigenvalue weighted by Crippen LogP contribution is -2.56. The Kier molecular flexibility index (Phi) is 8.39. The molecule has 9 heteroatoms. The van der Waals surface area contributed by atoms with Crippen molar-refractivity contribution in [1.29, 1.82) is 0 Å². The fourth-order valence-electron chi connectivity index (χ4n) is 7.09. The van der Waals surface area contributed by atoms with Gasteiger partial charge in [-0.05, 0) is 74.9 Å². The van der Waals surface area contributed by atoms with Crippen molar-refractivity contribution in [3.63, 3.8) is 0 Å². The Labute approximate surface area is 246 Å². The first-order chi connectivity index (χ1) is 19.7. The Morgan fingerprint density at radius 2 is 1.78 bits per heavy atom. The molecule has 3 aliphatic rings. The Bertz CT molecular complexity index is 1300. The highest BCUT2D eigenvalue weighted by molar-refractivity contribution is 8.02. The van der Waals surface area contributed by atoms with Crippen LogP contribution < -0.4 is 15.4 Å². The van der Waals surface area contributed by atoms with Crippen LogP contribution in [-0.2, 0) is 14.4 Å². The predicted octanol–water partition coefficient (Wildman–Crippen LogP) is 4.78. The van der Waals surface area contributed by atoms with Crippen molar-refractivity contribution in [3.05, 3.63) is 53.6 Å². The number of aryl methyl sites for hydroxylation is 2. The third-order valence-electron chi connectivity index (χ3n) is 9.30. The fourth-order valence-corrected chi connectivity index (χ4v) is 9.30. The number of benzene rings is 2. The third kappa shape index (κ3) is 5.01. The van der Waals surface area contributed by atoms with Gasteiger partial charge >= 0.3 is 0 Å². The van der Waals surface area contributed by atoms with Crippen molar-refractivity contribution in [2.75, 3.05) is 23.8 Å². The van der Waals surface area contributed by atoms with E-state index in [0.29, 0.717) is 18.7 Å². The van der Waals surface area contributed by atoms with Crippen LogP contribution in [0.15, 0.2) is 42.5 Å². The molecule has 220 valence electrons. The van der Waals surface area contributed by atoms with E-state index in [-0.39, 0.29) is 35.5 Å². The van der Waals surface area contributed by atoms with Crippen molar-refractivity contribution in [3.8, 4) is 5.75 Å². The van der Waals surface area contributed by atoms with Gasteiger partial charge in [0.05, 0.1) is 35.8 Å². The molecule has 0 aromatic heterocycles. The van der Waals surface area contributed by atoms with Crippen molar-refractivity contribution in [2.45, 2.75) is 76.0 Å². The van der Waals surface area contributed by atoms with Crippen molar-refractivity contribution >= 4 is 40.9 Å². The largest absolute Gasteiger partial charge is 0.494 e. The number of nitrogens with zero attached hydrogens (tertiary/aromatic N) is 1. The number of carbonyl (C=O) groups excluding carboxylic acids is 3. The summed E-state index contributed by atoms with van der Waals surface area (Å²) >= 11 is 1.63. The van der Waals surface area contributed by atoms with Crippen molar-refractivity contribution in [2.24, 2.45) is 17.8 Å². The molecule has 3 heterocycles. The van der Waals surface area contributed by atoms with Gasteiger partial charge in [-0.15, -0.1) is 11.8 Å². The fraction of sp³-hybridized carbons (Fsp3) is 0.531. The minimum absolute atomic E-state index is 0.0204. The van der Waals surface area contributed by atoms with Gasteiger partial charge < -0.3 is 25.4 Å². The summed E-state index contributed by atoms with van der Waals surface area (Å²) in [5, 5.41) is 16.7. The van der Waals surface area contributed by atoms with E-state index in [0.717, 1.165) is 35.4 Å². The molecule has 0 aliphatic carbocycles. The minimum atomic E-state index is -0.788. The van der Waals surface area contributed by atoms with E-state index in [1.54, 1.807) is 28.8 Å². The van der Waals surface area contributed by atoms with Crippen LogP contribution in [0.1, 0.15) is 51.2 Å². The van der Waals surface area contributed by atoms with E-state index in [1.807, 2.05) is 65.0 Å². The van der Waals surface area contributed by atoms with E-state index in [1.165, 1.54) is 0 Å². The summed E-state index contributed by atoms with van der Waals surface area (Å²) in [5.74, 6) is -1.16. The molecule has 5 rings (SSSR count). The number of fused-ring (bicyclic) bond motifs is 1. The molecule has 0 radical (unpaired) electrons. The molecule has 7 atom stereocenters. The zero-order valence-electron chi connectivity index (χ0n) is 24.5. The first kappa shape index (κ1) is 29.5. The smallest absolute Gasteiger partial charge is 0.248 e. The number of aliphatic hydroxyl groups excluding tert-OH is 1. The second-order valence-corrected chi connectivity index (χ2v) is 13.2. The van der Waals surface area contributed by atoms with Gasteiger partial charge in [0.25, 0.3) is 0 Å². The highest BCUT2D eigenvalue weighted by atomic mass is 32.2. The Morgan fingerprint density at radius 3 is 2.39 bits per heavy atom. The van der Waals surface area contributed by atoms with E-state index < -0.39 is 28.7 Å². The van der Waals surface area contributed by atoms with Crippen LogP contribution in [0.2, 0.25) is 0 Å². The molecule has 3 saturated heterocycles. The lowest BCUT2D eigenvalue weighted by Gasteiger charge is -2.39. The van der Waals surface area contributed by atoms with Crippen LogP contribution in [0.4, 0.5) is 11.4 Å². The van der Waals surface area contributed by atoms with Gasteiger partial charge in [-0.1, -0.05) is 38.5 Å². The number of hydrogen-bond acceptors (Lipinski definition) is 6. The third-order valence-corrected chi connectivity index (χ3v) is 11.2. The number of carbonyl (C=O) groups is 3. The van der Waals surface area contributed by atoms with Gasteiger partial charge in [-0.2, -0.15) is 0 Å². The molecular formula is C32H41N3O5S. The summed E-state index contributed by atoms with van der Waals surface area (Å²) in [4.78, 5) is 44.1. The maximum atomic E-state index is 14.4. The molecule has 2 unspecified atom stereocenters. The number of likely N-dealkylation sites (tertiary alicyclic amines) is 1. The topological polar surface area (TPSA) is 108 Å². The molecule has 0 saturated carbocycles. The number of anilines is 2. The lowest BCUT2D eigenvalue weighted by atomic mass is 9.70. The average molecular weight is 580 g/mol. The van der Waals surface area contributed by atoms with Crippen LogP contribution in [0, 0.1) is 31.6 Å². The minimum Gasteiger partial charge on any atom is -0.494 e. The number of thioether (sulfide) groups is 1. The quantitative estimate of drug-likeness (QED) is 0.374. The lowest BCUT2D eigenvalue weighted by molar-refractivity contribution is -0.142. The highest BCUT2D eigenvalue weighted by Crippen LogP contribution is 2.67. The first-order valence-corrected chi connectivity index (χ1v) is 15.6. The summed E-state index contributed by atoms with van der Waals surface area (Å²) in [7, 11) is 0. The monoisotopic (exact) mass is 579 g/mol. The number of hydrogen-bond donors (Lipinski definition) is 3. The molecule has 2 aromatic rings. The molecule has 1 spiro atoms. The van der Waals surface area contributed by atoms with Gasteiger partial charge in [0, 0.05) is 16.6 Å². The summed E-state index contributed by atoms with van der Waals surface area (Å²) in [6.45, 7) is 10.2. The second kappa shape index (κ2) is 11.7. The van der Waals surface area contributed by atoms with Gasteiger partial charge in [-0.25, -0.2) is 0 Å². The number of amides is 3. The molecule has 2 bridgehead atoms. The Hall–Kier alpha value is -3.04. The average Bonchev–Trinajstić information content (AvgIpc) is 3.60. The van der Waals surface area contributed by atoms with Crippen LogP contribution in [-0.4, -0.2) is 63.0 Å². The molecule has 8 nitrogen and oxygen atoms in total. The molecule has 3 N–H and O–H groups in total. The number of nitrogens with one attached hydrogen (secondary N) is 2. The van der Waals surface area contributed by atoms with E-state index >= 15 is 0 Å². The number of para-hydroxylation sites is 1. The van der Waals surface area contributed by atoms with E-state index in [4.69, 9.17) is 4.74 Å². The zero-order chi connectivity index (χ0) is 29.5.